The van der Waals surface area contributed by atoms with Crippen LogP contribution in [0.4, 0.5) is 0 Å². The van der Waals surface area contributed by atoms with Crippen LogP contribution >= 0.6 is 0 Å². The number of carbonyl (C=O) groups is 6. The molecule has 1 fully saturated rings. The minimum atomic E-state index is -1.53. The summed E-state index contributed by atoms with van der Waals surface area (Å²) < 4.78 is 5.77. The maximum atomic E-state index is 13.9. The molecule has 0 aromatic rings. The average Bonchev–Trinajstić information content (AvgIpc) is 3.05. The molecular formula is C35H63N5O9. The standard InChI is InChI=1S/C35H63N5O9/c1-8-10-11-12-13-14-15-16-18-28-23(5)35(48)40(7)27(19-22(3)4)33(46)37-25(17-9-2)31(44)38-26(21-41)32(45)39-30(24(6)42)34(47)36-20-29(43)49-28/h22-28,30,41-42H,8-21H2,1-7H3,(H,36,47)(H,37,46)(H,38,44)(H,39,45)/t23-,24?,25+,26+,27+,28-,30+/m1/s1. The first-order valence-corrected chi connectivity index (χ1v) is 18.1. The molecule has 49 heavy (non-hydrogen) atoms. The van der Waals surface area contributed by atoms with Crippen molar-refractivity contribution in [2.75, 3.05) is 20.2 Å². The van der Waals surface area contributed by atoms with Gasteiger partial charge < -0.3 is 41.1 Å². The number of rotatable bonds is 15. The van der Waals surface area contributed by atoms with E-state index in [1.54, 1.807) is 6.92 Å². The van der Waals surface area contributed by atoms with Crippen molar-refractivity contribution in [2.24, 2.45) is 11.8 Å². The van der Waals surface area contributed by atoms with Gasteiger partial charge >= 0.3 is 5.97 Å². The Balaban J connectivity index is 3.44. The van der Waals surface area contributed by atoms with E-state index in [2.05, 4.69) is 28.2 Å². The van der Waals surface area contributed by atoms with Gasteiger partial charge in [-0.05, 0) is 38.5 Å². The number of esters is 1. The molecule has 0 aromatic carbocycles. The van der Waals surface area contributed by atoms with Crippen molar-refractivity contribution in [1.82, 2.24) is 26.2 Å². The number of nitrogens with one attached hydrogen (secondary N) is 4. The summed E-state index contributed by atoms with van der Waals surface area (Å²) in [4.78, 5) is 81.4. The van der Waals surface area contributed by atoms with Crippen molar-refractivity contribution >= 4 is 35.5 Å². The molecule has 1 heterocycles. The van der Waals surface area contributed by atoms with Gasteiger partial charge in [-0.1, -0.05) is 86.0 Å². The van der Waals surface area contributed by atoms with Gasteiger partial charge in [0.15, 0.2) is 0 Å². The maximum absolute atomic E-state index is 13.9. The van der Waals surface area contributed by atoms with Crippen molar-refractivity contribution in [3.05, 3.63) is 0 Å². The van der Waals surface area contributed by atoms with Crippen LogP contribution in [0.15, 0.2) is 0 Å². The zero-order valence-corrected chi connectivity index (χ0v) is 30.7. The number of aliphatic hydroxyl groups excluding tert-OH is 2. The van der Waals surface area contributed by atoms with E-state index in [0.717, 1.165) is 25.7 Å². The van der Waals surface area contributed by atoms with Crippen LogP contribution in [0.1, 0.15) is 119 Å². The number of cyclic esters (lactones) is 1. The van der Waals surface area contributed by atoms with E-state index < -0.39 is 91.0 Å². The highest BCUT2D eigenvalue weighted by atomic mass is 16.5. The second kappa shape index (κ2) is 23.2. The number of amides is 5. The summed E-state index contributed by atoms with van der Waals surface area (Å²) in [6, 6.07) is -5.09. The fourth-order valence-corrected chi connectivity index (χ4v) is 5.84. The predicted octanol–water partition coefficient (Wildman–Crippen LogP) is 1.70. The molecule has 0 radical (unpaired) electrons. The number of nitrogens with zero attached hydrogens (tertiary/aromatic N) is 1. The molecule has 6 N–H and O–H groups in total. The SMILES string of the molecule is CCCCCCCCCC[C@H]1OC(=O)CNC(=O)[C@H](C(C)O)NC(=O)[C@H](CO)NC(=O)[C@H](CCC)NC(=O)[C@H](CC(C)C)N(C)C(=O)[C@@H]1C. The lowest BCUT2D eigenvalue weighted by Crippen LogP contribution is -2.60. The van der Waals surface area contributed by atoms with E-state index in [0.29, 0.717) is 19.3 Å². The highest BCUT2D eigenvalue weighted by Gasteiger charge is 2.37. The van der Waals surface area contributed by atoms with Crippen molar-refractivity contribution in [3.8, 4) is 0 Å². The smallest absolute Gasteiger partial charge is 0.325 e. The molecule has 0 aliphatic carbocycles. The van der Waals surface area contributed by atoms with E-state index >= 15 is 0 Å². The molecule has 282 valence electrons. The van der Waals surface area contributed by atoms with Crippen LogP contribution in [0.2, 0.25) is 0 Å². The topological polar surface area (TPSA) is 203 Å². The van der Waals surface area contributed by atoms with E-state index in [1.165, 1.54) is 38.1 Å². The van der Waals surface area contributed by atoms with Gasteiger partial charge in [0.1, 0.15) is 36.8 Å². The number of hydrogen-bond donors (Lipinski definition) is 6. The maximum Gasteiger partial charge on any atom is 0.325 e. The Morgan fingerprint density at radius 1 is 0.776 bits per heavy atom. The minimum absolute atomic E-state index is 0.000237. The summed E-state index contributed by atoms with van der Waals surface area (Å²) in [6.07, 6.45) is 7.53. The highest BCUT2D eigenvalue weighted by Crippen LogP contribution is 2.22. The summed E-state index contributed by atoms with van der Waals surface area (Å²) in [5.74, 6) is -5.21. The van der Waals surface area contributed by atoms with Crippen LogP contribution in [0.3, 0.4) is 0 Å². The first-order valence-electron chi connectivity index (χ1n) is 18.1. The molecule has 5 amide bonds. The van der Waals surface area contributed by atoms with E-state index in [-0.39, 0.29) is 18.8 Å². The van der Waals surface area contributed by atoms with Gasteiger partial charge in [0.25, 0.3) is 0 Å². The fraction of sp³-hybridized carbons (Fsp3) is 0.829. The third kappa shape index (κ3) is 15.4. The third-order valence-corrected chi connectivity index (χ3v) is 8.88. The van der Waals surface area contributed by atoms with Gasteiger partial charge in [-0.3, -0.25) is 28.8 Å². The van der Waals surface area contributed by atoms with Crippen LogP contribution < -0.4 is 21.3 Å². The molecule has 0 saturated carbocycles. The number of ether oxygens (including phenoxy) is 1. The molecule has 1 aliphatic heterocycles. The average molecular weight is 698 g/mol. The molecule has 0 bridgehead atoms. The van der Waals surface area contributed by atoms with Gasteiger partial charge in [-0.15, -0.1) is 0 Å². The van der Waals surface area contributed by atoms with Gasteiger partial charge in [-0.2, -0.15) is 0 Å². The predicted molar refractivity (Wildman–Crippen MR) is 185 cm³/mol. The number of likely N-dealkylation sites (N-methyl/N-ethyl adjacent to an activating group) is 1. The van der Waals surface area contributed by atoms with Crippen molar-refractivity contribution < 1.29 is 43.7 Å². The van der Waals surface area contributed by atoms with Crippen molar-refractivity contribution in [1.29, 1.82) is 0 Å². The highest BCUT2D eigenvalue weighted by molar-refractivity contribution is 5.96. The number of hydrogen-bond acceptors (Lipinski definition) is 9. The summed E-state index contributed by atoms with van der Waals surface area (Å²) in [7, 11) is 1.51. The second-order valence-corrected chi connectivity index (χ2v) is 13.7. The largest absolute Gasteiger partial charge is 0.460 e. The molecule has 0 aromatic heterocycles. The Hall–Kier alpha value is -3.26. The van der Waals surface area contributed by atoms with E-state index in [4.69, 9.17) is 4.74 Å². The van der Waals surface area contributed by atoms with Crippen LogP contribution in [-0.2, 0) is 33.5 Å². The first kappa shape index (κ1) is 43.8. The van der Waals surface area contributed by atoms with Gasteiger partial charge in [-0.25, -0.2) is 0 Å². The summed E-state index contributed by atoms with van der Waals surface area (Å²) in [5, 5.41) is 30.0. The molecule has 7 atom stereocenters. The Labute approximate surface area is 292 Å². The van der Waals surface area contributed by atoms with E-state index in [1.807, 2.05) is 20.8 Å². The Morgan fingerprint density at radius 3 is 1.90 bits per heavy atom. The number of unbranched alkanes of at least 4 members (excludes halogenated alkanes) is 7. The number of carbonyl (C=O) groups excluding carboxylic acids is 6. The quantitative estimate of drug-likeness (QED) is 0.109. The zero-order chi connectivity index (χ0) is 37.1. The summed E-state index contributed by atoms with van der Waals surface area (Å²) in [6.45, 7) is 9.27. The Morgan fingerprint density at radius 2 is 1.35 bits per heavy atom. The van der Waals surface area contributed by atoms with Gasteiger partial charge in [0.05, 0.1) is 18.6 Å². The monoisotopic (exact) mass is 697 g/mol. The molecule has 0 spiro atoms. The van der Waals surface area contributed by atoms with Gasteiger partial charge in [0.2, 0.25) is 29.5 Å². The van der Waals surface area contributed by atoms with Crippen LogP contribution in [0.5, 0.6) is 0 Å². The normalized spacial score (nSPS) is 26.1. The molecule has 1 saturated heterocycles. The molecule has 14 nitrogen and oxygen atoms in total. The zero-order valence-electron chi connectivity index (χ0n) is 30.7. The van der Waals surface area contributed by atoms with Crippen LogP contribution in [-0.4, -0.2) is 107 Å². The van der Waals surface area contributed by atoms with Crippen molar-refractivity contribution in [2.45, 2.75) is 155 Å². The first-order chi connectivity index (χ1) is 23.2. The fourth-order valence-electron chi connectivity index (χ4n) is 5.84. The van der Waals surface area contributed by atoms with Crippen molar-refractivity contribution in [3.63, 3.8) is 0 Å². The van der Waals surface area contributed by atoms with Crippen LogP contribution in [0.25, 0.3) is 0 Å². The van der Waals surface area contributed by atoms with Crippen LogP contribution in [0, 0.1) is 11.8 Å². The lowest BCUT2D eigenvalue weighted by atomic mass is 9.94. The number of aliphatic hydroxyl groups is 2. The second-order valence-electron chi connectivity index (χ2n) is 13.7. The molecule has 1 unspecified atom stereocenters. The molecule has 1 rings (SSSR count). The molecular weight excluding hydrogens is 634 g/mol. The Kier molecular flexibility index (Phi) is 20.7. The molecule has 14 heteroatoms. The molecule has 1 aliphatic rings. The summed E-state index contributed by atoms with van der Waals surface area (Å²) >= 11 is 0. The lowest BCUT2D eigenvalue weighted by Gasteiger charge is -2.34. The Bertz CT molecular complexity index is 1070. The minimum Gasteiger partial charge on any atom is -0.460 e. The third-order valence-electron chi connectivity index (χ3n) is 8.88. The summed E-state index contributed by atoms with van der Waals surface area (Å²) in [5.41, 5.74) is 0. The van der Waals surface area contributed by atoms with Gasteiger partial charge in [0, 0.05) is 7.05 Å². The lowest BCUT2D eigenvalue weighted by molar-refractivity contribution is -0.157. The van der Waals surface area contributed by atoms with E-state index in [9.17, 15) is 39.0 Å².